The van der Waals surface area contributed by atoms with Gasteiger partial charge in [0.15, 0.2) is 0 Å². The number of ether oxygens (including phenoxy) is 1. The van der Waals surface area contributed by atoms with Crippen molar-refractivity contribution in [2.45, 2.75) is 19.5 Å². The van der Waals surface area contributed by atoms with E-state index in [1.54, 1.807) is 0 Å². The number of hydrogen-bond donors (Lipinski definition) is 1. The molecule has 1 N–H and O–H groups in total. The fourth-order valence-electron chi connectivity index (χ4n) is 3.26. The number of amides is 1. The molecule has 1 amide bonds. The number of morpholine rings is 1. The molecule has 1 fully saturated rings. The molecule has 1 unspecified atom stereocenters. The normalized spacial score (nSPS) is 16.3. The van der Waals surface area contributed by atoms with Crippen LogP contribution in [0.15, 0.2) is 54.6 Å². The number of benzene rings is 2. The summed E-state index contributed by atoms with van der Waals surface area (Å²) in [6, 6.07) is 18.6. The molecule has 1 saturated heterocycles. The van der Waals surface area contributed by atoms with Crippen molar-refractivity contribution in [3.8, 4) is 0 Å². The fourth-order valence-corrected chi connectivity index (χ4v) is 3.26. The number of anilines is 1. The summed E-state index contributed by atoms with van der Waals surface area (Å²) in [6.07, 6.45) is 0. The Morgan fingerprint density at radius 2 is 1.78 bits per heavy atom. The van der Waals surface area contributed by atoms with Crippen LogP contribution in [0.2, 0.25) is 0 Å². The predicted molar refractivity (Wildman–Crippen MR) is 109 cm³/mol. The molecule has 1 atom stereocenters. The summed E-state index contributed by atoms with van der Waals surface area (Å²) in [4.78, 5) is 16.8. The van der Waals surface area contributed by atoms with E-state index in [1.165, 1.54) is 11.1 Å². The van der Waals surface area contributed by atoms with Gasteiger partial charge in [0, 0.05) is 31.4 Å². The third-order valence-corrected chi connectivity index (χ3v) is 5.08. The second-order valence-corrected chi connectivity index (χ2v) is 7.14. The van der Waals surface area contributed by atoms with Gasteiger partial charge in [0.2, 0.25) is 5.91 Å². The molecule has 2 aromatic rings. The highest BCUT2D eigenvalue weighted by atomic mass is 16.5. The van der Waals surface area contributed by atoms with Crippen LogP contribution in [0.1, 0.15) is 24.1 Å². The van der Waals surface area contributed by atoms with Crippen molar-refractivity contribution < 1.29 is 9.53 Å². The summed E-state index contributed by atoms with van der Waals surface area (Å²) in [6.45, 7) is 6.96. The Labute approximate surface area is 161 Å². The first-order chi connectivity index (χ1) is 13.1. The number of rotatable bonds is 7. The number of nitrogens with one attached hydrogen (secondary N) is 1. The van der Waals surface area contributed by atoms with E-state index in [2.05, 4.69) is 46.3 Å². The van der Waals surface area contributed by atoms with Gasteiger partial charge >= 0.3 is 0 Å². The first kappa shape index (κ1) is 19.5. The fraction of sp³-hybridized carbons (Fsp3) is 0.409. The Balaban J connectivity index is 1.48. The Kier molecular flexibility index (Phi) is 6.98. The number of carbonyl (C=O) groups excluding carboxylic acids is 1. The lowest BCUT2D eigenvalue weighted by Crippen LogP contribution is -2.35. The van der Waals surface area contributed by atoms with Gasteiger partial charge < -0.3 is 10.1 Å². The van der Waals surface area contributed by atoms with E-state index in [-0.39, 0.29) is 11.9 Å². The zero-order chi connectivity index (χ0) is 19.1. The standard InChI is InChI=1S/C22H29N3O2/c1-18(20-6-4-3-5-7-20)24(2)17-22(26)23-21-10-8-19(9-11-21)16-25-12-14-27-15-13-25/h3-11,18H,12-17H2,1-2H3,(H,23,26). The largest absolute Gasteiger partial charge is 0.379 e. The van der Waals surface area contributed by atoms with E-state index in [9.17, 15) is 4.79 Å². The van der Waals surface area contributed by atoms with E-state index in [4.69, 9.17) is 4.74 Å². The first-order valence-electron chi connectivity index (χ1n) is 9.56. The molecule has 5 nitrogen and oxygen atoms in total. The number of carbonyl (C=O) groups is 1. The van der Waals surface area contributed by atoms with Crippen molar-refractivity contribution in [1.82, 2.24) is 9.80 Å². The molecule has 1 aliphatic heterocycles. The van der Waals surface area contributed by atoms with Crippen LogP contribution in [0.25, 0.3) is 0 Å². The molecule has 27 heavy (non-hydrogen) atoms. The quantitative estimate of drug-likeness (QED) is 0.817. The first-order valence-corrected chi connectivity index (χ1v) is 9.56. The van der Waals surface area contributed by atoms with E-state index >= 15 is 0 Å². The minimum absolute atomic E-state index is 0.00112. The van der Waals surface area contributed by atoms with Gasteiger partial charge in [-0.05, 0) is 37.2 Å². The van der Waals surface area contributed by atoms with Crippen LogP contribution in [0.5, 0.6) is 0 Å². The van der Waals surface area contributed by atoms with Crippen molar-refractivity contribution >= 4 is 11.6 Å². The summed E-state index contributed by atoms with van der Waals surface area (Å²) >= 11 is 0. The summed E-state index contributed by atoms with van der Waals surface area (Å²) in [5.41, 5.74) is 3.30. The SMILES string of the molecule is CC(c1ccccc1)N(C)CC(=O)Nc1ccc(CN2CCOCC2)cc1. The van der Waals surface area contributed by atoms with Gasteiger partial charge in [-0.3, -0.25) is 14.6 Å². The summed E-state index contributed by atoms with van der Waals surface area (Å²) in [7, 11) is 1.97. The zero-order valence-electron chi connectivity index (χ0n) is 16.2. The molecule has 0 radical (unpaired) electrons. The molecule has 0 saturated carbocycles. The Hall–Kier alpha value is -2.21. The number of hydrogen-bond acceptors (Lipinski definition) is 4. The van der Waals surface area contributed by atoms with Gasteiger partial charge in [0.1, 0.15) is 0 Å². The van der Waals surface area contributed by atoms with Crippen LogP contribution < -0.4 is 5.32 Å². The lowest BCUT2D eigenvalue weighted by atomic mass is 10.1. The van der Waals surface area contributed by atoms with Gasteiger partial charge in [0.05, 0.1) is 19.8 Å². The monoisotopic (exact) mass is 367 g/mol. The average molecular weight is 367 g/mol. The van der Waals surface area contributed by atoms with Crippen molar-refractivity contribution in [3.63, 3.8) is 0 Å². The van der Waals surface area contributed by atoms with E-state index in [1.807, 2.05) is 37.4 Å². The van der Waals surface area contributed by atoms with Gasteiger partial charge in [-0.1, -0.05) is 42.5 Å². The van der Waals surface area contributed by atoms with Crippen molar-refractivity contribution in [1.29, 1.82) is 0 Å². The van der Waals surface area contributed by atoms with Crippen LogP contribution in [0.3, 0.4) is 0 Å². The zero-order valence-corrected chi connectivity index (χ0v) is 16.2. The maximum Gasteiger partial charge on any atom is 0.238 e. The second-order valence-electron chi connectivity index (χ2n) is 7.14. The third-order valence-electron chi connectivity index (χ3n) is 5.08. The molecule has 1 aliphatic rings. The molecule has 0 aliphatic carbocycles. The molecule has 144 valence electrons. The summed E-state index contributed by atoms with van der Waals surface area (Å²) in [5.74, 6) is 0.00112. The van der Waals surface area contributed by atoms with Gasteiger partial charge in [-0.15, -0.1) is 0 Å². The molecular weight excluding hydrogens is 338 g/mol. The predicted octanol–water partition coefficient (Wildman–Crippen LogP) is 3.15. The maximum atomic E-state index is 12.4. The minimum Gasteiger partial charge on any atom is -0.379 e. The van der Waals surface area contributed by atoms with Crippen LogP contribution in [0, 0.1) is 0 Å². The topological polar surface area (TPSA) is 44.8 Å². The Morgan fingerprint density at radius 1 is 1.11 bits per heavy atom. The molecule has 0 spiro atoms. The molecule has 3 rings (SSSR count). The van der Waals surface area contributed by atoms with Crippen LogP contribution in [-0.2, 0) is 16.1 Å². The molecule has 5 heteroatoms. The highest BCUT2D eigenvalue weighted by Gasteiger charge is 2.15. The Morgan fingerprint density at radius 3 is 2.44 bits per heavy atom. The van der Waals surface area contributed by atoms with Crippen molar-refractivity contribution in [3.05, 3.63) is 65.7 Å². The molecule has 0 aromatic heterocycles. The molecule has 0 bridgehead atoms. The van der Waals surface area contributed by atoms with Crippen molar-refractivity contribution in [2.75, 3.05) is 45.2 Å². The minimum atomic E-state index is 0.00112. The molecular formula is C22H29N3O2. The molecule has 1 heterocycles. The van der Waals surface area contributed by atoms with Gasteiger partial charge in [0.25, 0.3) is 0 Å². The van der Waals surface area contributed by atoms with Crippen LogP contribution in [-0.4, -0.2) is 55.6 Å². The summed E-state index contributed by atoms with van der Waals surface area (Å²) in [5, 5.41) is 3.00. The number of likely N-dealkylation sites (N-methyl/N-ethyl adjacent to an activating group) is 1. The number of nitrogens with zero attached hydrogens (tertiary/aromatic N) is 2. The highest BCUT2D eigenvalue weighted by Crippen LogP contribution is 2.18. The van der Waals surface area contributed by atoms with E-state index < -0.39 is 0 Å². The second kappa shape index (κ2) is 9.65. The smallest absolute Gasteiger partial charge is 0.238 e. The van der Waals surface area contributed by atoms with E-state index in [0.29, 0.717) is 6.54 Å². The van der Waals surface area contributed by atoms with Gasteiger partial charge in [-0.2, -0.15) is 0 Å². The van der Waals surface area contributed by atoms with Crippen molar-refractivity contribution in [2.24, 2.45) is 0 Å². The van der Waals surface area contributed by atoms with Crippen LogP contribution >= 0.6 is 0 Å². The maximum absolute atomic E-state index is 12.4. The lowest BCUT2D eigenvalue weighted by Gasteiger charge is -2.26. The highest BCUT2D eigenvalue weighted by molar-refractivity contribution is 5.92. The van der Waals surface area contributed by atoms with E-state index in [0.717, 1.165) is 38.5 Å². The average Bonchev–Trinajstić information content (AvgIpc) is 2.70. The third kappa shape index (κ3) is 5.89. The van der Waals surface area contributed by atoms with Crippen LogP contribution in [0.4, 0.5) is 5.69 Å². The summed E-state index contributed by atoms with van der Waals surface area (Å²) < 4.78 is 5.38. The lowest BCUT2D eigenvalue weighted by molar-refractivity contribution is -0.117. The van der Waals surface area contributed by atoms with Gasteiger partial charge in [-0.25, -0.2) is 0 Å². The Bertz CT molecular complexity index is 712. The molecule has 2 aromatic carbocycles.